The summed E-state index contributed by atoms with van der Waals surface area (Å²) in [6.07, 6.45) is 2.88. The number of para-hydroxylation sites is 1. The maximum absolute atomic E-state index is 14.9. The molecule has 1 aliphatic rings. The van der Waals surface area contributed by atoms with Crippen molar-refractivity contribution in [2.24, 2.45) is 5.73 Å². The highest BCUT2D eigenvalue weighted by Gasteiger charge is 2.29. The molecule has 0 fully saturated rings. The van der Waals surface area contributed by atoms with Gasteiger partial charge in [-0.2, -0.15) is 5.10 Å². The molecule has 10 nitrogen and oxygen atoms in total. The van der Waals surface area contributed by atoms with Gasteiger partial charge in [0.15, 0.2) is 5.78 Å². The molecule has 1 unspecified atom stereocenters. The van der Waals surface area contributed by atoms with Crippen LogP contribution in [0, 0.1) is 0 Å². The molecular formula is C42H41N5O5S. The lowest BCUT2D eigenvalue weighted by molar-refractivity contribution is 0.0981. The van der Waals surface area contributed by atoms with Gasteiger partial charge >= 0.3 is 0 Å². The number of hydrogen-bond acceptors (Lipinski definition) is 8. The van der Waals surface area contributed by atoms with Crippen LogP contribution in [0.5, 0.6) is 0 Å². The first kappa shape index (κ1) is 35.9. The summed E-state index contributed by atoms with van der Waals surface area (Å²) in [5.74, 6) is -1.21. The number of nitrogens with two attached hydrogens (primary N) is 1. The minimum atomic E-state index is -4.27. The molecule has 0 spiro atoms. The zero-order chi connectivity index (χ0) is 37.1. The number of aliphatic hydroxyl groups is 1. The number of aromatic nitrogens is 2. The first-order chi connectivity index (χ1) is 25.7. The number of rotatable bonds is 12. The Bertz CT molecular complexity index is 2440. The number of carbonyl (C=O) groups is 2. The minimum absolute atomic E-state index is 0.0103. The maximum atomic E-state index is 14.9. The molecule has 270 valence electrons. The number of nitrogens with one attached hydrogen (secondary N) is 2. The van der Waals surface area contributed by atoms with Crippen molar-refractivity contribution in [2.75, 3.05) is 6.54 Å². The van der Waals surface area contributed by atoms with Crippen molar-refractivity contribution in [1.29, 1.82) is 0 Å². The highest BCUT2D eigenvalue weighted by Crippen LogP contribution is 2.36. The molecule has 0 saturated heterocycles. The molecule has 5 N–H and O–H groups in total. The molecule has 0 aliphatic carbocycles. The van der Waals surface area contributed by atoms with Gasteiger partial charge in [-0.15, -0.1) is 0 Å². The predicted octanol–water partition coefficient (Wildman–Crippen LogP) is 5.85. The van der Waals surface area contributed by atoms with Crippen LogP contribution >= 0.6 is 0 Å². The van der Waals surface area contributed by atoms with Crippen molar-refractivity contribution in [3.8, 4) is 16.8 Å². The molecule has 2 heterocycles. The number of fused-ring (bicyclic) bond motifs is 2. The number of ketones is 1. The summed E-state index contributed by atoms with van der Waals surface area (Å²) in [6, 6.07) is 31.8. The van der Waals surface area contributed by atoms with Crippen LogP contribution in [0.15, 0.2) is 114 Å². The van der Waals surface area contributed by atoms with Gasteiger partial charge in [-0.25, -0.2) is 17.8 Å². The Hall–Kier alpha value is -5.46. The fourth-order valence-electron chi connectivity index (χ4n) is 7.09. The molecule has 1 aliphatic heterocycles. The van der Waals surface area contributed by atoms with Crippen molar-refractivity contribution in [1.82, 2.24) is 19.8 Å². The van der Waals surface area contributed by atoms with Gasteiger partial charge in [-0.05, 0) is 83.1 Å². The molecule has 7 rings (SSSR count). The van der Waals surface area contributed by atoms with Crippen LogP contribution in [-0.2, 0) is 36.0 Å². The number of amides is 1. The highest BCUT2D eigenvalue weighted by molar-refractivity contribution is 7.90. The average molecular weight is 728 g/mol. The third-order valence-electron chi connectivity index (χ3n) is 9.86. The topological polar surface area (TPSA) is 156 Å². The molecular weight excluding hydrogens is 687 g/mol. The molecule has 6 aromatic rings. The minimum Gasteiger partial charge on any atom is -0.390 e. The van der Waals surface area contributed by atoms with E-state index >= 15 is 0 Å². The van der Waals surface area contributed by atoms with Crippen LogP contribution in [0.1, 0.15) is 68.6 Å². The summed E-state index contributed by atoms with van der Waals surface area (Å²) < 4.78 is 31.1. The summed E-state index contributed by atoms with van der Waals surface area (Å²) in [4.78, 5) is 28.7. The quantitative estimate of drug-likeness (QED) is 0.115. The van der Waals surface area contributed by atoms with Crippen LogP contribution < -0.4 is 15.8 Å². The smallest absolute Gasteiger partial charge is 0.265 e. The van der Waals surface area contributed by atoms with Crippen molar-refractivity contribution in [3.05, 3.63) is 148 Å². The van der Waals surface area contributed by atoms with Gasteiger partial charge in [-0.1, -0.05) is 86.1 Å². The largest absolute Gasteiger partial charge is 0.390 e. The third-order valence-corrected chi connectivity index (χ3v) is 11.2. The summed E-state index contributed by atoms with van der Waals surface area (Å²) in [5.41, 5.74) is 11.6. The van der Waals surface area contributed by atoms with Crippen LogP contribution in [0.4, 0.5) is 0 Å². The van der Waals surface area contributed by atoms with E-state index in [9.17, 15) is 23.1 Å². The Kier molecular flexibility index (Phi) is 10.3. The lowest BCUT2D eigenvalue weighted by Gasteiger charge is -2.27. The normalized spacial score (nSPS) is 14.2. The molecule has 53 heavy (non-hydrogen) atoms. The van der Waals surface area contributed by atoms with Crippen LogP contribution in [0.25, 0.3) is 27.6 Å². The van der Waals surface area contributed by atoms with E-state index in [1.807, 2.05) is 65.3 Å². The van der Waals surface area contributed by atoms with E-state index in [0.29, 0.717) is 53.7 Å². The second-order valence-corrected chi connectivity index (χ2v) is 15.0. The zero-order valence-electron chi connectivity index (χ0n) is 29.4. The predicted molar refractivity (Wildman–Crippen MR) is 205 cm³/mol. The number of carbonyl (C=O) groups excluding carboxylic acids is 2. The summed E-state index contributed by atoms with van der Waals surface area (Å²) in [7, 11) is -4.27. The third kappa shape index (κ3) is 7.16. The lowest BCUT2D eigenvalue weighted by atomic mass is 9.85. The van der Waals surface area contributed by atoms with Gasteiger partial charge in [0.2, 0.25) is 0 Å². The molecule has 0 radical (unpaired) electrons. The number of sulfonamides is 1. The van der Waals surface area contributed by atoms with Gasteiger partial charge in [0.25, 0.3) is 15.9 Å². The summed E-state index contributed by atoms with van der Waals surface area (Å²) in [6.45, 7) is 2.65. The molecule has 1 atom stereocenters. The lowest BCUT2D eigenvalue weighted by Crippen LogP contribution is -2.41. The second kappa shape index (κ2) is 15.3. The molecule has 5 aromatic carbocycles. The average Bonchev–Trinajstić information content (AvgIpc) is 3.57. The van der Waals surface area contributed by atoms with E-state index in [1.165, 1.54) is 24.3 Å². The number of nitrogens with zero attached hydrogens (tertiary/aromatic N) is 2. The van der Waals surface area contributed by atoms with Gasteiger partial charge in [0.1, 0.15) is 0 Å². The van der Waals surface area contributed by atoms with E-state index in [-0.39, 0.29) is 27.8 Å². The molecule has 0 saturated carbocycles. The van der Waals surface area contributed by atoms with Gasteiger partial charge in [-0.3, -0.25) is 9.59 Å². The fraction of sp³-hybridized carbons (Fsp3) is 0.214. The molecule has 0 bridgehead atoms. The Balaban J connectivity index is 1.37. The van der Waals surface area contributed by atoms with E-state index in [2.05, 4.69) is 17.0 Å². The van der Waals surface area contributed by atoms with Crippen molar-refractivity contribution in [2.45, 2.75) is 56.7 Å². The van der Waals surface area contributed by atoms with Crippen molar-refractivity contribution >= 4 is 32.5 Å². The Morgan fingerprint density at radius 3 is 2.45 bits per heavy atom. The van der Waals surface area contributed by atoms with Crippen molar-refractivity contribution in [3.63, 3.8) is 0 Å². The monoisotopic (exact) mass is 727 g/mol. The summed E-state index contributed by atoms with van der Waals surface area (Å²) in [5, 5.41) is 20.5. The summed E-state index contributed by atoms with van der Waals surface area (Å²) >= 11 is 0. The fourth-order valence-corrected chi connectivity index (χ4v) is 8.10. The first-order valence-corrected chi connectivity index (χ1v) is 19.3. The van der Waals surface area contributed by atoms with E-state index < -0.39 is 22.5 Å². The molecule has 1 aromatic heterocycles. The van der Waals surface area contributed by atoms with Crippen LogP contribution in [0.2, 0.25) is 0 Å². The standard InChI is InChI=1S/C42H41N5O5S/c1-2-3-16-39-40(38(26-48)45-47(39)32-13-5-4-6-14-32)34-20-18-29(42(50)46-53(51,52)33-19-17-27-10-7-8-11-28(27)21-33)22-37(34)41(49)35-15-9-12-30-25-44-31(24-43)23-36(30)35/h4-15,17-22,31,44,48H,2-3,16,23-26,43H2,1H3,(H,46,50). The maximum Gasteiger partial charge on any atom is 0.265 e. The van der Waals surface area contributed by atoms with Crippen molar-refractivity contribution < 1.29 is 23.1 Å². The van der Waals surface area contributed by atoms with Crippen LogP contribution in [0.3, 0.4) is 0 Å². The Labute approximate surface area is 308 Å². The zero-order valence-corrected chi connectivity index (χ0v) is 30.2. The molecule has 1 amide bonds. The highest BCUT2D eigenvalue weighted by atomic mass is 32.2. The SMILES string of the molecule is CCCCc1c(-c2ccc(C(=O)NS(=O)(=O)c3ccc4ccccc4c3)cc2C(=O)c2cccc3c2CC(CN)NC3)c(CO)nn1-c1ccccc1. The Morgan fingerprint density at radius 1 is 0.925 bits per heavy atom. The van der Waals surface area contributed by atoms with E-state index in [4.69, 9.17) is 10.8 Å². The Morgan fingerprint density at radius 2 is 1.70 bits per heavy atom. The van der Waals surface area contributed by atoms with Crippen LogP contribution in [-0.4, -0.2) is 47.6 Å². The van der Waals surface area contributed by atoms with Gasteiger partial charge < -0.3 is 16.2 Å². The number of aliphatic hydroxyl groups excluding tert-OH is 1. The first-order valence-electron chi connectivity index (χ1n) is 17.8. The van der Waals surface area contributed by atoms with E-state index in [0.717, 1.165) is 40.7 Å². The second-order valence-electron chi connectivity index (χ2n) is 13.3. The van der Waals surface area contributed by atoms with Gasteiger partial charge in [0, 0.05) is 41.4 Å². The number of unbranched alkanes of at least 4 members (excludes halogenated alkanes) is 1. The van der Waals surface area contributed by atoms with Gasteiger partial charge in [0.05, 0.1) is 28.6 Å². The van der Waals surface area contributed by atoms with E-state index in [1.54, 1.807) is 24.3 Å². The number of benzene rings is 5. The number of hydrogen-bond donors (Lipinski definition) is 4. The molecule has 11 heteroatoms.